The van der Waals surface area contributed by atoms with Gasteiger partial charge in [0.05, 0.1) is 12.9 Å². The molecule has 0 saturated carbocycles. The first kappa shape index (κ1) is 12.4. The van der Waals surface area contributed by atoms with Gasteiger partial charge in [0.15, 0.2) is 17.2 Å². The highest BCUT2D eigenvalue weighted by atomic mass is 16.5. The van der Waals surface area contributed by atoms with Gasteiger partial charge in [-0.05, 0) is 31.2 Å². The second-order valence-corrected chi connectivity index (χ2v) is 4.15. The second-order valence-electron chi connectivity index (χ2n) is 4.15. The van der Waals surface area contributed by atoms with E-state index in [0.29, 0.717) is 29.4 Å². The number of imidazole rings is 1. The van der Waals surface area contributed by atoms with Crippen molar-refractivity contribution in [3.63, 3.8) is 0 Å². The summed E-state index contributed by atoms with van der Waals surface area (Å²) in [6, 6.07) is 7.21. The average Bonchev–Trinajstić information content (AvgIpc) is 3.07. The zero-order chi connectivity index (χ0) is 13.9. The summed E-state index contributed by atoms with van der Waals surface area (Å²) in [5.41, 5.74) is 1.34. The van der Waals surface area contributed by atoms with Crippen LogP contribution in [0.25, 0.3) is 22.7 Å². The largest absolute Gasteiger partial charge is 0.465 e. The van der Waals surface area contributed by atoms with Gasteiger partial charge in [-0.1, -0.05) is 0 Å². The molecule has 0 aromatic carbocycles. The van der Waals surface area contributed by atoms with Crippen molar-refractivity contribution in [2.75, 3.05) is 6.61 Å². The van der Waals surface area contributed by atoms with Crippen molar-refractivity contribution in [2.45, 2.75) is 13.5 Å². The third-order valence-corrected chi connectivity index (χ3v) is 2.84. The van der Waals surface area contributed by atoms with E-state index in [1.807, 2.05) is 6.07 Å². The molecule has 3 aromatic rings. The fraction of sp³-hybridized carbons (Fsp3) is 0.214. The maximum absolute atomic E-state index is 11.7. The third kappa shape index (κ3) is 2.16. The molecule has 0 amide bonds. The first-order valence-electron chi connectivity index (χ1n) is 6.30. The molecule has 0 fully saturated rings. The van der Waals surface area contributed by atoms with Crippen LogP contribution in [0.2, 0.25) is 0 Å². The van der Waals surface area contributed by atoms with Crippen LogP contribution < -0.4 is 0 Å². The van der Waals surface area contributed by atoms with Gasteiger partial charge in [0.2, 0.25) is 0 Å². The van der Waals surface area contributed by atoms with E-state index in [-0.39, 0.29) is 12.5 Å². The summed E-state index contributed by atoms with van der Waals surface area (Å²) in [6.45, 7) is 2.17. The van der Waals surface area contributed by atoms with Crippen molar-refractivity contribution < 1.29 is 13.9 Å². The zero-order valence-electron chi connectivity index (χ0n) is 10.9. The van der Waals surface area contributed by atoms with Crippen LogP contribution in [0.4, 0.5) is 0 Å². The summed E-state index contributed by atoms with van der Waals surface area (Å²) in [5.74, 6) is 0.828. The molecular weight excluding hydrogens is 258 g/mol. The second kappa shape index (κ2) is 5.16. The summed E-state index contributed by atoms with van der Waals surface area (Å²) in [4.78, 5) is 20.5. The highest BCUT2D eigenvalue weighted by molar-refractivity contribution is 5.79. The molecule has 3 heterocycles. The smallest absolute Gasteiger partial charge is 0.326 e. The first-order valence-corrected chi connectivity index (χ1v) is 6.30. The van der Waals surface area contributed by atoms with Gasteiger partial charge >= 0.3 is 5.97 Å². The van der Waals surface area contributed by atoms with E-state index < -0.39 is 0 Å². The van der Waals surface area contributed by atoms with Crippen molar-refractivity contribution in [2.24, 2.45) is 0 Å². The molecule has 3 aromatic heterocycles. The molecule has 0 aliphatic heterocycles. The minimum Gasteiger partial charge on any atom is -0.465 e. The van der Waals surface area contributed by atoms with Gasteiger partial charge in [0.1, 0.15) is 12.1 Å². The Morgan fingerprint density at radius 2 is 2.30 bits per heavy atom. The Hall–Kier alpha value is -2.63. The van der Waals surface area contributed by atoms with E-state index in [2.05, 4.69) is 9.97 Å². The van der Waals surface area contributed by atoms with Crippen molar-refractivity contribution in [1.29, 1.82) is 0 Å². The maximum Gasteiger partial charge on any atom is 0.326 e. The van der Waals surface area contributed by atoms with Gasteiger partial charge in [-0.2, -0.15) is 0 Å². The molecule has 0 unspecified atom stereocenters. The monoisotopic (exact) mass is 271 g/mol. The number of esters is 1. The Kier molecular flexibility index (Phi) is 3.20. The molecule has 6 nitrogen and oxygen atoms in total. The van der Waals surface area contributed by atoms with E-state index in [1.165, 1.54) is 0 Å². The minimum atomic E-state index is -0.328. The number of fused-ring (bicyclic) bond motifs is 1. The van der Waals surface area contributed by atoms with Gasteiger partial charge in [0.25, 0.3) is 0 Å². The normalized spacial score (nSPS) is 10.8. The van der Waals surface area contributed by atoms with Crippen LogP contribution in [0.5, 0.6) is 0 Å². The molecule has 102 valence electrons. The fourth-order valence-corrected chi connectivity index (χ4v) is 2.04. The van der Waals surface area contributed by atoms with Crippen molar-refractivity contribution in [1.82, 2.24) is 14.5 Å². The van der Waals surface area contributed by atoms with Crippen molar-refractivity contribution in [3.8, 4) is 11.6 Å². The van der Waals surface area contributed by atoms with Crippen LogP contribution in [0.1, 0.15) is 6.92 Å². The van der Waals surface area contributed by atoms with Crippen LogP contribution in [0.3, 0.4) is 0 Å². The summed E-state index contributed by atoms with van der Waals surface area (Å²) in [6.07, 6.45) is 3.23. The number of rotatable bonds is 4. The number of hydrogen-bond donors (Lipinski definition) is 0. The zero-order valence-corrected chi connectivity index (χ0v) is 10.9. The Morgan fingerprint density at radius 1 is 1.40 bits per heavy atom. The van der Waals surface area contributed by atoms with Crippen molar-refractivity contribution in [3.05, 3.63) is 36.7 Å². The van der Waals surface area contributed by atoms with Crippen LogP contribution in [0, 0.1) is 0 Å². The molecule has 0 bridgehead atoms. The Labute approximate surface area is 115 Å². The fourth-order valence-electron chi connectivity index (χ4n) is 2.04. The number of nitrogens with zero attached hydrogens (tertiary/aromatic N) is 3. The molecule has 3 rings (SSSR count). The number of pyridine rings is 1. The number of aromatic nitrogens is 3. The lowest BCUT2D eigenvalue weighted by Gasteiger charge is -2.06. The number of carbonyl (C=O) groups excluding carboxylic acids is 1. The van der Waals surface area contributed by atoms with E-state index in [4.69, 9.17) is 9.15 Å². The molecule has 0 N–H and O–H groups in total. The minimum absolute atomic E-state index is 0.0530. The molecule has 0 saturated heterocycles. The standard InChI is InChI=1S/C14H13N3O3/c1-2-19-12(18)9-17-13-10(5-3-7-15-13)16-14(17)11-6-4-8-20-11/h3-8H,2,9H2,1H3. The molecule has 0 atom stereocenters. The predicted octanol–water partition coefficient (Wildman–Crippen LogP) is 2.25. The SMILES string of the molecule is CCOC(=O)Cn1c(-c2ccco2)nc2cccnc21. The van der Waals surface area contributed by atoms with Gasteiger partial charge < -0.3 is 9.15 Å². The molecule has 0 aliphatic rings. The molecule has 20 heavy (non-hydrogen) atoms. The predicted molar refractivity (Wildman–Crippen MR) is 71.9 cm³/mol. The molecule has 0 aliphatic carbocycles. The summed E-state index contributed by atoms with van der Waals surface area (Å²) >= 11 is 0. The van der Waals surface area contributed by atoms with Gasteiger partial charge in [-0.15, -0.1) is 0 Å². The van der Waals surface area contributed by atoms with E-state index in [0.717, 1.165) is 0 Å². The lowest BCUT2D eigenvalue weighted by molar-refractivity contribution is -0.143. The average molecular weight is 271 g/mol. The first-order chi connectivity index (χ1) is 9.79. The van der Waals surface area contributed by atoms with Gasteiger partial charge in [-0.25, -0.2) is 9.97 Å². The Balaban J connectivity index is 2.11. The quantitative estimate of drug-likeness (QED) is 0.681. The molecule has 0 spiro atoms. The van der Waals surface area contributed by atoms with E-state index >= 15 is 0 Å². The highest BCUT2D eigenvalue weighted by Gasteiger charge is 2.17. The Morgan fingerprint density at radius 3 is 3.05 bits per heavy atom. The Bertz CT molecular complexity index is 731. The lowest BCUT2D eigenvalue weighted by Crippen LogP contribution is -2.14. The highest BCUT2D eigenvalue weighted by Crippen LogP contribution is 2.23. The number of ether oxygens (including phenoxy) is 1. The van der Waals surface area contributed by atoms with E-state index in [9.17, 15) is 4.79 Å². The van der Waals surface area contributed by atoms with Crippen LogP contribution in [-0.2, 0) is 16.1 Å². The molecule has 0 radical (unpaired) electrons. The summed E-state index contributed by atoms with van der Waals surface area (Å²) < 4.78 is 12.1. The van der Waals surface area contributed by atoms with Gasteiger partial charge in [-0.3, -0.25) is 9.36 Å². The molecular formula is C14H13N3O3. The topological polar surface area (TPSA) is 70.2 Å². The van der Waals surface area contributed by atoms with E-state index in [1.54, 1.807) is 42.1 Å². The number of carbonyl (C=O) groups is 1. The van der Waals surface area contributed by atoms with Crippen LogP contribution in [0.15, 0.2) is 41.1 Å². The third-order valence-electron chi connectivity index (χ3n) is 2.84. The van der Waals surface area contributed by atoms with Crippen LogP contribution in [-0.4, -0.2) is 27.1 Å². The number of hydrogen-bond acceptors (Lipinski definition) is 5. The lowest BCUT2D eigenvalue weighted by atomic mass is 10.4. The van der Waals surface area contributed by atoms with Crippen molar-refractivity contribution >= 4 is 17.1 Å². The molecule has 6 heteroatoms. The maximum atomic E-state index is 11.7. The number of furan rings is 1. The van der Waals surface area contributed by atoms with Gasteiger partial charge in [0, 0.05) is 6.20 Å². The van der Waals surface area contributed by atoms with Crippen LogP contribution >= 0.6 is 0 Å². The summed E-state index contributed by atoms with van der Waals surface area (Å²) in [5, 5.41) is 0. The summed E-state index contributed by atoms with van der Waals surface area (Å²) in [7, 11) is 0.